The number of halogens is 2. The van der Waals surface area contributed by atoms with Crippen LogP contribution < -0.4 is 10.1 Å². The molecule has 1 unspecified atom stereocenters. The highest BCUT2D eigenvalue weighted by atomic mass is 19.3. The van der Waals surface area contributed by atoms with E-state index in [1.165, 1.54) is 0 Å². The first kappa shape index (κ1) is 16.5. The van der Waals surface area contributed by atoms with Crippen molar-refractivity contribution in [1.82, 2.24) is 10.2 Å². The number of rotatable bonds is 5. The minimum Gasteiger partial charge on any atom is -0.491 e. The van der Waals surface area contributed by atoms with E-state index in [9.17, 15) is 13.6 Å². The predicted octanol–water partition coefficient (Wildman–Crippen LogP) is 2.26. The molecular weight excluding hydrogens is 294 g/mol. The molecule has 1 atom stereocenters. The van der Waals surface area contributed by atoms with Gasteiger partial charge in [-0.25, -0.2) is 13.6 Å². The van der Waals surface area contributed by atoms with Crippen molar-refractivity contribution in [3.63, 3.8) is 0 Å². The second-order valence-corrected chi connectivity index (χ2v) is 5.09. The maximum Gasteiger partial charge on any atom is 0.318 e. The molecule has 0 saturated carbocycles. The Labute approximate surface area is 128 Å². The molecule has 1 heterocycles. The minimum absolute atomic E-state index is 0.0609. The number of amides is 2. The number of hydrogen-bond acceptors (Lipinski definition) is 3. The van der Waals surface area contributed by atoms with E-state index in [0.29, 0.717) is 13.2 Å². The monoisotopic (exact) mass is 314 g/mol. The van der Waals surface area contributed by atoms with Crippen molar-refractivity contribution in [2.75, 3.05) is 26.4 Å². The molecular formula is C15H20F2N2O3. The molecule has 0 bridgehead atoms. The molecule has 1 N–H and O–H groups in total. The number of nitrogens with zero attached hydrogens (tertiary/aromatic N) is 1. The van der Waals surface area contributed by atoms with E-state index in [1.807, 2.05) is 31.2 Å². The molecule has 7 heteroatoms. The quantitative estimate of drug-likeness (QED) is 0.848. The Morgan fingerprint density at radius 2 is 2.27 bits per heavy atom. The Morgan fingerprint density at radius 1 is 1.50 bits per heavy atom. The van der Waals surface area contributed by atoms with Crippen molar-refractivity contribution in [2.24, 2.45) is 0 Å². The number of benzene rings is 1. The molecule has 0 fully saturated rings. The van der Waals surface area contributed by atoms with Gasteiger partial charge in [0.25, 0.3) is 6.43 Å². The van der Waals surface area contributed by atoms with Crippen LogP contribution in [0.15, 0.2) is 24.3 Å². The summed E-state index contributed by atoms with van der Waals surface area (Å²) in [7, 11) is 0. The summed E-state index contributed by atoms with van der Waals surface area (Å²) in [6.07, 6.45) is -2.49. The molecule has 1 aliphatic rings. The second kappa shape index (κ2) is 7.93. The fourth-order valence-electron chi connectivity index (χ4n) is 2.19. The largest absolute Gasteiger partial charge is 0.491 e. The molecule has 0 radical (unpaired) electrons. The molecule has 2 amide bonds. The van der Waals surface area contributed by atoms with E-state index < -0.39 is 13.0 Å². The van der Waals surface area contributed by atoms with Crippen LogP contribution in [0.5, 0.6) is 5.75 Å². The average Bonchev–Trinajstić information content (AvgIpc) is 2.66. The molecule has 2 rings (SSSR count). The van der Waals surface area contributed by atoms with Gasteiger partial charge in [0.1, 0.15) is 19.0 Å². The van der Waals surface area contributed by atoms with E-state index in [4.69, 9.17) is 9.47 Å². The SMILES string of the molecule is CC1COc2ccccc2CN1C(=O)NCCOCC(F)F. The van der Waals surface area contributed by atoms with E-state index in [0.717, 1.165) is 11.3 Å². The summed E-state index contributed by atoms with van der Waals surface area (Å²) in [5.74, 6) is 0.782. The highest BCUT2D eigenvalue weighted by Crippen LogP contribution is 2.24. The zero-order chi connectivity index (χ0) is 15.9. The standard InChI is InChI=1S/C15H20F2N2O3/c1-11-9-22-13-5-3-2-4-12(13)8-19(11)15(20)18-6-7-21-10-14(16)17/h2-5,11,14H,6-10H2,1H3,(H,18,20). The van der Waals surface area contributed by atoms with Gasteiger partial charge in [-0.1, -0.05) is 18.2 Å². The van der Waals surface area contributed by atoms with Crippen LogP contribution in [0, 0.1) is 0 Å². The Bertz CT molecular complexity index is 499. The lowest BCUT2D eigenvalue weighted by atomic mass is 10.2. The van der Waals surface area contributed by atoms with Gasteiger partial charge in [0, 0.05) is 12.1 Å². The molecule has 0 aromatic heterocycles. The van der Waals surface area contributed by atoms with Crippen LogP contribution in [-0.2, 0) is 11.3 Å². The third-order valence-electron chi connectivity index (χ3n) is 3.35. The van der Waals surface area contributed by atoms with Crippen LogP contribution in [0.25, 0.3) is 0 Å². The summed E-state index contributed by atoms with van der Waals surface area (Å²) in [4.78, 5) is 13.9. The molecule has 1 aromatic rings. The van der Waals surface area contributed by atoms with Crippen molar-refractivity contribution in [3.05, 3.63) is 29.8 Å². The number of nitrogens with one attached hydrogen (secondary N) is 1. The third-order valence-corrected chi connectivity index (χ3v) is 3.35. The smallest absolute Gasteiger partial charge is 0.318 e. The van der Waals surface area contributed by atoms with Crippen LogP contribution in [-0.4, -0.2) is 49.8 Å². The van der Waals surface area contributed by atoms with Crippen molar-refractivity contribution >= 4 is 6.03 Å². The van der Waals surface area contributed by atoms with Gasteiger partial charge in [-0.05, 0) is 13.0 Å². The zero-order valence-electron chi connectivity index (χ0n) is 12.4. The number of alkyl halides is 2. The second-order valence-electron chi connectivity index (χ2n) is 5.09. The van der Waals surface area contributed by atoms with E-state index in [2.05, 4.69) is 5.32 Å². The summed E-state index contributed by atoms with van der Waals surface area (Å²) < 4.78 is 34.2. The van der Waals surface area contributed by atoms with E-state index >= 15 is 0 Å². The molecule has 122 valence electrons. The highest BCUT2D eigenvalue weighted by Gasteiger charge is 2.25. The van der Waals surface area contributed by atoms with Crippen LogP contribution >= 0.6 is 0 Å². The number of carbonyl (C=O) groups excluding carboxylic acids is 1. The third kappa shape index (κ3) is 4.56. The van der Waals surface area contributed by atoms with Crippen molar-refractivity contribution in [3.8, 4) is 5.75 Å². The topological polar surface area (TPSA) is 50.8 Å². The first-order chi connectivity index (χ1) is 10.6. The summed E-state index contributed by atoms with van der Waals surface area (Å²) in [5.41, 5.74) is 0.941. The van der Waals surface area contributed by atoms with Gasteiger partial charge in [0.05, 0.1) is 19.2 Å². The Balaban J connectivity index is 1.86. The van der Waals surface area contributed by atoms with Crippen molar-refractivity contribution in [2.45, 2.75) is 25.9 Å². The van der Waals surface area contributed by atoms with Crippen LogP contribution in [0.1, 0.15) is 12.5 Å². The van der Waals surface area contributed by atoms with Crippen molar-refractivity contribution < 1.29 is 23.0 Å². The summed E-state index contributed by atoms with van der Waals surface area (Å²) >= 11 is 0. The van der Waals surface area contributed by atoms with Gasteiger partial charge in [-0.15, -0.1) is 0 Å². The lowest BCUT2D eigenvalue weighted by Crippen LogP contribution is -2.46. The fraction of sp³-hybridized carbons (Fsp3) is 0.533. The maximum atomic E-state index is 12.2. The van der Waals surface area contributed by atoms with Gasteiger partial charge in [-0.3, -0.25) is 0 Å². The van der Waals surface area contributed by atoms with Gasteiger partial charge < -0.3 is 19.7 Å². The van der Waals surface area contributed by atoms with Gasteiger partial charge in [-0.2, -0.15) is 0 Å². The number of hydrogen-bond donors (Lipinski definition) is 1. The first-order valence-corrected chi connectivity index (χ1v) is 7.19. The molecule has 1 aromatic carbocycles. The Hall–Kier alpha value is -1.89. The molecule has 0 aliphatic carbocycles. The normalized spacial score (nSPS) is 17.6. The number of fused-ring (bicyclic) bond motifs is 1. The number of urea groups is 1. The number of carbonyl (C=O) groups is 1. The van der Waals surface area contributed by atoms with E-state index in [-0.39, 0.29) is 25.2 Å². The summed E-state index contributed by atoms with van der Waals surface area (Å²) in [6, 6.07) is 7.23. The molecule has 22 heavy (non-hydrogen) atoms. The van der Waals surface area contributed by atoms with Crippen molar-refractivity contribution in [1.29, 1.82) is 0 Å². The highest BCUT2D eigenvalue weighted by molar-refractivity contribution is 5.74. The Morgan fingerprint density at radius 3 is 3.05 bits per heavy atom. The average molecular weight is 314 g/mol. The van der Waals surface area contributed by atoms with Gasteiger partial charge >= 0.3 is 6.03 Å². The lowest BCUT2D eigenvalue weighted by molar-refractivity contribution is 0.0189. The molecule has 0 saturated heterocycles. The summed E-state index contributed by atoms with van der Waals surface area (Å²) in [6.45, 7) is 2.39. The van der Waals surface area contributed by atoms with Crippen LogP contribution in [0.3, 0.4) is 0 Å². The minimum atomic E-state index is -2.49. The number of ether oxygens (including phenoxy) is 2. The predicted molar refractivity (Wildman–Crippen MR) is 77.2 cm³/mol. The first-order valence-electron chi connectivity index (χ1n) is 7.19. The van der Waals surface area contributed by atoms with Crippen LogP contribution in [0.4, 0.5) is 13.6 Å². The summed E-state index contributed by atoms with van der Waals surface area (Å²) in [5, 5.41) is 2.68. The van der Waals surface area contributed by atoms with Gasteiger partial charge in [0.15, 0.2) is 0 Å². The molecule has 1 aliphatic heterocycles. The zero-order valence-corrected chi connectivity index (χ0v) is 12.4. The van der Waals surface area contributed by atoms with E-state index in [1.54, 1.807) is 4.90 Å². The Kier molecular flexibility index (Phi) is 5.94. The lowest BCUT2D eigenvalue weighted by Gasteiger charge is -2.26. The fourth-order valence-corrected chi connectivity index (χ4v) is 2.19. The van der Waals surface area contributed by atoms with Gasteiger partial charge in [0.2, 0.25) is 0 Å². The molecule has 5 nitrogen and oxygen atoms in total. The van der Waals surface area contributed by atoms with Crippen LogP contribution in [0.2, 0.25) is 0 Å². The molecule has 0 spiro atoms. The number of para-hydroxylation sites is 1. The maximum absolute atomic E-state index is 12.2.